The maximum Gasteiger partial charge on any atom is 0.314 e. The molecule has 3 heterocycles. The van der Waals surface area contributed by atoms with Crippen LogP contribution in [0.15, 0.2) is 60.7 Å². The molecule has 0 unspecified atom stereocenters. The molecule has 6 nitrogen and oxygen atoms in total. The molecule has 6 heteroatoms. The van der Waals surface area contributed by atoms with Crippen LogP contribution in [0.3, 0.4) is 0 Å². The minimum absolute atomic E-state index is 0.156. The average molecular weight is 388 g/mol. The monoisotopic (exact) mass is 388 g/mol. The van der Waals surface area contributed by atoms with Gasteiger partial charge in [0.1, 0.15) is 5.41 Å². The lowest BCUT2D eigenvalue weighted by Gasteiger charge is -2.22. The van der Waals surface area contributed by atoms with Gasteiger partial charge in [-0.3, -0.25) is 9.59 Å². The fourth-order valence-electron chi connectivity index (χ4n) is 4.47. The van der Waals surface area contributed by atoms with Crippen LogP contribution in [0.25, 0.3) is 22.2 Å². The van der Waals surface area contributed by atoms with Crippen molar-refractivity contribution in [3.63, 3.8) is 0 Å². The van der Waals surface area contributed by atoms with Crippen molar-refractivity contribution in [3.05, 3.63) is 66.2 Å². The number of carboxylic acids is 1. The smallest absolute Gasteiger partial charge is 0.314 e. The van der Waals surface area contributed by atoms with E-state index in [1.54, 1.807) is 4.90 Å². The molecule has 5 rings (SSSR count). The standard InChI is InChI=1S/C23H20N2O4/c26-21(25-11-16-12-29-14-23(16,13-25)22(27)28)18-10-20(15-6-2-1-3-7-15)24-19-9-5-4-8-17(18)19/h1-10,16H,11-14H2,(H,27,28)/t16-,23-/m1/s1. The van der Waals surface area contributed by atoms with Crippen molar-refractivity contribution in [3.8, 4) is 11.3 Å². The second-order valence-electron chi connectivity index (χ2n) is 7.80. The van der Waals surface area contributed by atoms with Gasteiger partial charge in [-0.2, -0.15) is 0 Å². The SMILES string of the molecule is O=C(c1cc(-c2ccccc2)nc2ccccc12)N1C[C@@H]2COC[C@]2(C(=O)O)C1. The summed E-state index contributed by atoms with van der Waals surface area (Å²) in [6, 6.07) is 19.1. The maximum absolute atomic E-state index is 13.5. The van der Waals surface area contributed by atoms with Gasteiger partial charge in [-0.15, -0.1) is 0 Å². The molecule has 2 fully saturated rings. The number of para-hydroxylation sites is 1. The molecule has 2 aliphatic rings. The fourth-order valence-corrected chi connectivity index (χ4v) is 4.47. The zero-order valence-electron chi connectivity index (χ0n) is 15.7. The van der Waals surface area contributed by atoms with E-state index in [0.717, 1.165) is 22.2 Å². The first-order valence-electron chi connectivity index (χ1n) is 9.64. The van der Waals surface area contributed by atoms with E-state index in [9.17, 15) is 14.7 Å². The first-order valence-corrected chi connectivity index (χ1v) is 9.64. The molecule has 2 aromatic carbocycles. The minimum atomic E-state index is -0.999. The van der Waals surface area contributed by atoms with Crippen LogP contribution in [0.2, 0.25) is 0 Å². The molecule has 2 saturated heterocycles. The van der Waals surface area contributed by atoms with Crippen LogP contribution in [0, 0.1) is 11.3 Å². The summed E-state index contributed by atoms with van der Waals surface area (Å²) in [7, 11) is 0. The highest BCUT2D eigenvalue weighted by atomic mass is 16.5. The molecule has 2 aliphatic heterocycles. The number of likely N-dealkylation sites (tertiary alicyclic amines) is 1. The summed E-state index contributed by atoms with van der Waals surface area (Å²) in [6.07, 6.45) is 0. The number of carbonyl (C=O) groups excluding carboxylic acids is 1. The van der Waals surface area contributed by atoms with E-state index >= 15 is 0 Å². The molecule has 2 atom stereocenters. The van der Waals surface area contributed by atoms with Gasteiger partial charge in [0, 0.05) is 30.0 Å². The Hall–Kier alpha value is -3.25. The van der Waals surface area contributed by atoms with Crippen LogP contribution < -0.4 is 0 Å². The predicted molar refractivity (Wildman–Crippen MR) is 107 cm³/mol. The summed E-state index contributed by atoms with van der Waals surface area (Å²) in [5.74, 6) is -1.22. The van der Waals surface area contributed by atoms with Gasteiger partial charge in [0.25, 0.3) is 5.91 Å². The quantitative estimate of drug-likeness (QED) is 0.746. The van der Waals surface area contributed by atoms with Gasteiger partial charge in [0.2, 0.25) is 0 Å². The summed E-state index contributed by atoms with van der Waals surface area (Å²) in [6.45, 7) is 1.09. The van der Waals surface area contributed by atoms with Crippen LogP contribution in [0.5, 0.6) is 0 Å². The van der Waals surface area contributed by atoms with Crippen molar-refractivity contribution in [2.45, 2.75) is 0 Å². The Kier molecular flexibility index (Phi) is 4.10. The van der Waals surface area contributed by atoms with Crippen LogP contribution in [-0.2, 0) is 9.53 Å². The number of ether oxygens (including phenoxy) is 1. The van der Waals surface area contributed by atoms with Gasteiger partial charge in [-0.05, 0) is 12.1 Å². The predicted octanol–water partition coefficient (Wildman–Crippen LogP) is 3.08. The summed E-state index contributed by atoms with van der Waals surface area (Å²) in [5, 5.41) is 10.6. The second-order valence-corrected chi connectivity index (χ2v) is 7.80. The molecular formula is C23H20N2O4. The summed E-state index contributed by atoms with van der Waals surface area (Å²) in [5.41, 5.74) is 1.95. The van der Waals surface area contributed by atoms with Crippen molar-refractivity contribution in [2.75, 3.05) is 26.3 Å². The molecule has 1 N–H and O–H groups in total. The van der Waals surface area contributed by atoms with Gasteiger partial charge in [-0.1, -0.05) is 48.5 Å². The Labute approximate surface area is 167 Å². The first kappa shape index (κ1) is 17.8. The Morgan fingerprint density at radius 2 is 1.86 bits per heavy atom. The van der Waals surface area contributed by atoms with E-state index in [-0.39, 0.29) is 25.0 Å². The molecule has 146 valence electrons. The number of nitrogens with zero attached hydrogens (tertiary/aromatic N) is 2. The molecule has 0 bridgehead atoms. The van der Waals surface area contributed by atoms with Crippen molar-refractivity contribution in [2.24, 2.45) is 11.3 Å². The average Bonchev–Trinajstić information content (AvgIpc) is 3.32. The van der Waals surface area contributed by atoms with Crippen LogP contribution in [0.1, 0.15) is 10.4 Å². The van der Waals surface area contributed by atoms with Crippen molar-refractivity contribution < 1.29 is 19.4 Å². The number of carboxylic acid groups (broad SMARTS) is 1. The van der Waals surface area contributed by atoms with Gasteiger partial charge < -0.3 is 14.7 Å². The second kappa shape index (κ2) is 6.67. The number of pyridine rings is 1. The number of benzene rings is 2. The number of amides is 1. The lowest BCUT2D eigenvalue weighted by molar-refractivity contribution is -0.149. The zero-order chi connectivity index (χ0) is 20.0. The van der Waals surface area contributed by atoms with E-state index in [4.69, 9.17) is 9.72 Å². The van der Waals surface area contributed by atoms with Gasteiger partial charge in [-0.25, -0.2) is 4.98 Å². The number of aliphatic carboxylic acids is 1. The fraction of sp³-hybridized carbons (Fsp3) is 0.261. The Morgan fingerprint density at radius 3 is 2.62 bits per heavy atom. The van der Waals surface area contributed by atoms with Gasteiger partial charge in [0.15, 0.2) is 0 Å². The Bertz CT molecular complexity index is 1110. The minimum Gasteiger partial charge on any atom is -0.481 e. The molecule has 0 spiro atoms. The summed E-state index contributed by atoms with van der Waals surface area (Å²) in [4.78, 5) is 31.8. The van der Waals surface area contributed by atoms with Gasteiger partial charge >= 0.3 is 5.97 Å². The van der Waals surface area contributed by atoms with Crippen LogP contribution in [0.4, 0.5) is 0 Å². The van der Waals surface area contributed by atoms with Crippen LogP contribution in [-0.4, -0.2) is 53.2 Å². The lowest BCUT2D eigenvalue weighted by atomic mass is 9.81. The Morgan fingerprint density at radius 1 is 1.10 bits per heavy atom. The molecule has 3 aromatic rings. The number of aromatic nitrogens is 1. The van der Waals surface area contributed by atoms with Crippen molar-refractivity contribution in [1.29, 1.82) is 0 Å². The van der Waals surface area contributed by atoms with Gasteiger partial charge in [0.05, 0.1) is 30.0 Å². The third kappa shape index (κ3) is 2.79. The number of hydrogen-bond acceptors (Lipinski definition) is 4. The van der Waals surface area contributed by atoms with Crippen molar-refractivity contribution >= 4 is 22.8 Å². The molecule has 0 saturated carbocycles. The van der Waals surface area contributed by atoms with E-state index < -0.39 is 11.4 Å². The van der Waals surface area contributed by atoms with E-state index in [2.05, 4.69) is 0 Å². The lowest BCUT2D eigenvalue weighted by Crippen LogP contribution is -2.40. The molecule has 29 heavy (non-hydrogen) atoms. The molecule has 0 radical (unpaired) electrons. The number of carbonyl (C=O) groups is 2. The molecular weight excluding hydrogens is 368 g/mol. The molecule has 1 amide bonds. The maximum atomic E-state index is 13.5. The molecule has 0 aliphatic carbocycles. The highest BCUT2D eigenvalue weighted by Gasteiger charge is 2.57. The third-order valence-electron chi connectivity index (χ3n) is 6.10. The number of fused-ring (bicyclic) bond motifs is 2. The van der Waals surface area contributed by atoms with E-state index in [1.165, 1.54) is 0 Å². The highest BCUT2D eigenvalue weighted by molar-refractivity contribution is 6.07. The summed E-state index contributed by atoms with van der Waals surface area (Å²) < 4.78 is 5.43. The third-order valence-corrected chi connectivity index (χ3v) is 6.10. The Balaban J connectivity index is 1.58. The summed E-state index contributed by atoms with van der Waals surface area (Å²) >= 11 is 0. The number of hydrogen-bond donors (Lipinski definition) is 1. The number of rotatable bonds is 3. The largest absolute Gasteiger partial charge is 0.481 e. The van der Waals surface area contributed by atoms with Crippen LogP contribution >= 0.6 is 0 Å². The molecule has 1 aromatic heterocycles. The topological polar surface area (TPSA) is 79.7 Å². The first-order chi connectivity index (χ1) is 14.1. The normalized spacial score (nSPS) is 23.3. The van der Waals surface area contributed by atoms with E-state index in [1.807, 2.05) is 60.7 Å². The zero-order valence-corrected chi connectivity index (χ0v) is 15.7. The van der Waals surface area contributed by atoms with E-state index in [0.29, 0.717) is 18.7 Å². The highest BCUT2D eigenvalue weighted by Crippen LogP contribution is 2.42. The van der Waals surface area contributed by atoms with Crippen molar-refractivity contribution in [1.82, 2.24) is 9.88 Å².